The average Bonchev–Trinajstić information content (AvgIpc) is 2.68. The van der Waals surface area contributed by atoms with Crippen LogP contribution in [-0.4, -0.2) is 61.6 Å². The Morgan fingerprint density at radius 3 is 2.57 bits per heavy atom. The molecule has 0 bridgehead atoms. The Balaban J connectivity index is 1.76. The van der Waals surface area contributed by atoms with E-state index in [2.05, 4.69) is 25.4 Å². The summed E-state index contributed by atoms with van der Waals surface area (Å²) < 4.78 is 38.4. The number of hydrogen-bond acceptors (Lipinski definition) is 7. The number of phenolic OH excluding ortho intramolecular Hbond substituents is 1. The number of nitrogens with zero attached hydrogens (tertiary/aromatic N) is 4. The maximum atomic E-state index is 12.8. The number of likely N-dealkylation sites (tertiary alicyclic amines) is 1. The zero-order valence-corrected chi connectivity index (χ0v) is 17.2. The summed E-state index contributed by atoms with van der Waals surface area (Å²) >= 11 is 0. The summed E-state index contributed by atoms with van der Waals surface area (Å²) in [4.78, 5) is 6.59. The van der Waals surface area contributed by atoms with E-state index in [0.29, 0.717) is 17.7 Å². The van der Waals surface area contributed by atoms with Crippen molar-refractivity contribution >= 4 is 5.95 Å². The third-order valence-corrected chi connectivity index (χ3v) is 5.44. The number of halogens is 3. The molecular weight excluding hydrogens is 399 g/mol. The Morgan fingerprint density at radius 1 is 1.23 bits per heavy atom. The van der Waals surface area contributed by atoms with Crippen LogP contribution < -0.4 is 5.32 Å². The van der Waals surface area contributed by atoms with Crippen molar-refractivity contribution in [2.24, 2.45) is 0 Å². The molecule has 1 aliphatic rings. The number of phenols is 1. The van der Waals surface area contributed by atoms with E-state index in [4.69, 9.17) is 0 Å². The molecule has 0 radical (unpaired) electrons. The normalized spacial score (nSPS) is 18.4. The quantitative estimate of drug-likeness (QED) is 0.677. The van der Waals surface area contributed by atoms with Crippen LogP contribution in [-0.2, 0) is 6.18 Å². The van der Waals surface area contributed by atoms with Gasteiger partial charge in [-0.2, -0.15) is 13.2 Å². The second kappa shape index (κ2) is 8.35. The summed E-state index contributed by atoms with van der Waals surface area (Å²) in [6.45, 7) is 7.32. The minimum atomic E-state index is -4.54. The Bertz CT molecular complexity index is 904. The lowest BCUT2D eigenvalue weighted by atomic mass is 9.97. The van der Waals surface area contributed by atoms with Crippen LogP contribution in [0.15, 0.2) is 18.2 Å². The maximum absolute atomic E-state index is 12.8. The fourth-order valence-electron chi connectivity index (χ4n) is 3.55. The number of alkyl halides is 3. The highest BCUT2D eigenvalue weighted by molar-refractivity contribution is 5.69. The molecule has 1 aromatic carbocycles. The van der Waals surface area contributed by atoms with Gasteiger partial charge in [-0.15, -0.1) is 10.2 Å². The third-order valence-electron chi connectivity index (χ3n) is 5.44. The van der Waals surface area contributed by atoms with E-state index >= 15 is 0 Å². The molecule has 0 amide bonds. The highest BCUT2D eigenvalue weighted by Gasteiger charge is 2.32. The molecule has 1 saturated heterocycles. The maximum Gasteiger partial charge on any atom is 0.416 e. The van der Waals surface area contributed by atoms with Crippen LogP contribution in [0.25, 0.3) is 11.3 Å². The largest absolute Gasteiger partial charge is 0.507 e. The van der Waals surface area contributed by atoms with E-state index in [1.54, 1.807) is 6.92 Å². The van der Waals surface area contributed by atoms with E-state index in [0.717, 1.165) is 32.0 Å². The van der Waals surface area contributed by atoms with E-state index in [-0.39, 0.29) is 29.4 Å². The SMILES string of the molecule is Cc1nc(N[C@@H]2CCCN(C(C)(C)CO)C2)nnc1-c1ccc(C(F)(F)F)cc1O. The first-order valence-corrected chi connectivity index (χ1v) is 9.75. The van der Waals surface area contributed by atoms with Gasteiger partial charge < -0.3 is 15.5 Å². The molecule has 2 aromatic rings. The number of piperidine rings is 1. The molecule has 1 aromatic heterocycles. The second-order valence-electron chi connectivity index (χ2n) is 8.20. The highest BCUT2D eigenvalue weighted by atomic mass is 19.4. The predicted molar refractivity (Wildman–Crippen MR) is 106 cm³/mol. The molecule has 0 aliphatic carbocycles. The van der Waals surface area contributed by atoms with Crippen LogP contribution in [0.4, 0.5) is 19.1 Å². The standard InChI is InChI=1S/C20H26F3N5O2/c1-12-17(15-7-6-13(9-16(15)30)20(21,22)23)26-27-18(24-12)25-14-5-4-8-28(10-14)19(2,3)11-29/h6-7,9,14,29-30H,4-5,8,10-11H2,1-3H3,(H,24,25,27)/t14-/m1/s1. The van der Waals surface area contributed by atoms with Gasteiger partial charge in [0, 0.05) is 23.7 Å². The molecule has 164 valence electrons. The van der Waals surface area contributed by atoms with Crippen molar-refractivity contribution in [2.75, 3.05) is 25.0 Å². The van der Waals surface area contributed by atoms with Gasteiger partial charge in [0.05, 0.1) is 17.9 Å². The molecule has 1 atom stereocenters. The highest BCUT2D eigenvalue weighted by Crippen LogP contribution is 2.36. The van der Waals surface area contributed by atoms with Gasteiger partial charge in [0.25, 0.3) is 0 Å². The summed E-state index contributed by atoms with van der Waals surface area (Å²) in [6, 6.07) is 2.81. The summed E-state index contributed by atoms with van der Waals surface area (Å²) in [5.74, 6) is -0.213. The monoisotopic (exact) mass is 425 g/mol. The number of aliphatic hydroxyl groups excluding tert-OH is 1. The Labute approximate surface area is 173 Å². The fraction of sp³-hybridized carbons (Fsp3) is 0.550. The number of aryl methyl sites for hydroxylation is 1. The molecule has 0 saturated carbocycles. The Hall–Kier alpha value is -2.46. The third kappa shape index (κ3) is 4.81. The van der Waals surface area contributed by atoms with Crippen LogP contribution in [0.3, 0.4) is 0 Å². The smallest absolute Gasteiger partial charge is 0.416 e. The van der Waals surface area contributed by atoms with E-state index in [9.17, 15) is 23.4 Å². The summed E-state index contributed by atoms with van der Waals surface area (Å²) in [5.41, 5.74) is -0.461. The molecule has 7 nitrogen and oxygen atoms in total. The van der Waals surface area contributed by atoms with Crippen LogP contribution >= 0.6 is 0 Å². The number of rotatable bonds is 5. The first-order valence-electron chi connectivity index (χ1n) is 9.75. The topological polar surface area (TPSA) is 94.4 Å². The molecule has 10 heteroatoms. The summed E-state index contributed by atoms with van der Waals surface area (Å²) in [5, 5.41) is 31.0. The zero-order chi connectivity index (χ0) is 22.1. The molecule has 3 N–H and O–H groups in total. The Kier molecular flexibility index (Phi) is 6.19. The first kappa shape index (κ1) is 22.2. The van der Waals surface area contributed by atoms with Crippen molar-refractivity contribution in [2.45, 2.75) is 51.4 Å². The van der Waals surface area contributed by atoms with Gasteiger partial charge >= 0.3 is 6.18 Å². The van der Waals surface area contributed by atoms with Crippen molar-refractivity contribution < 1.29 is 23.4 Å². The predicted octanol–water partition coefficient (Wildman–Crippen LogP) is 3.22. The number of nitrogens with one attached hydrogen (secondary N) is 1. The number of benzene rings is 1. The molecule has 0 unspecified atom stereocenters. The lowest BCUT2D eigenvalue weighted by Crippen LogP contribution is -2.54. The van der Waals surface area contributed by atoms with E-state index < -0.39 is 17.5 Å². The van der Waals surface area contributed by atoms with Gasteiger partial charge in [0.15, 0.2) is 0 Å². The van der Waals surface area contributed by atoms with Crippen LogP contribution in [0, 0.1) is 6.92 Å². The molecule has 1 fully saturated rings. The van der Waals surface area contributed by atoms with Crippen LogP contribution in [0.5, 0.6) is 5.75 Å². The van der Waals surface area contributed by atoms with Gasteiger partial charge in [0.1, 0.15) is 11.4 Å². The van der Waals surface area contributed by atoms with Gasteiger partial charge in [-0.05, 0) is 58.4 Å². The van der Waals surface area contributed by atoms with Gasteiger partial charge in [-0.3, -0.25) is 4.90 Å². The molecule has 1 aliphatic heterocycles. The lowest BCUT2D eigenvalue weighted by Gasteiger charge is -2.42. The number of aromatic hydroxyl groups is 1. The van der Waals surface area contributed by atoms with Gasteiger partial charge in [-0.25, -0.2) is 4.98 Å². The Morgan fingerprint density at radius 2 is 1.97 bits per heavy atom. The zero-order valence-electron chi connectivity index (χ0n) is 17.2. The van der Waals surface area contributed by atoms with E-state index in [1.807, 2.05) is 13.8 Å². The number of aliphatic hydroxyl groups is 1. The minimum absolute atomic E-state index is 0.0577. The number of hydrogen-bond donors (Lipinski definition) is 3. The van der Waals surface area contributed by atoms with E-state index in [1.165, 1.54) is 6.07 Å². The van der Waals surface area contributed by atoms with Crippen LogP contribution in [0.1, 0.15) is 37.9 Å². The fourth-order valence-corrected chi connectivity index (χ4v) is 3.55. The van der Waals surface area contributed by atoms with Crippen molar-refractivity contribution in [3.05, 3.63) is 29.5 Å². The molecule has 0 spiro atoms. The average molecular weight is 425 g/mol. The first-order chi connectivity index (χ1) is 14.0. The van der Waals surface area contributed by atoms with Gasteiger partial charge in [-0.1, -0.05) is 0 Å². The molecule has 3 rings (SSSR count). The van der Waals surface area contributed by atoms with Crippen molar-refractivity contribution in [3.63, 3.8) is 0 Å². The van der Waals surface area contributed by atoms with Crippen molar-refractivity contribution in [1.29, 1.82) is 0 Å². The lowest BCUT2D eigenvalue weighted by molar-refractivity contribution is -0.137. The molecule has 30 heavy (non-hydrogen) atoms. The summed E-state index contributed by atoms with van der Waals surface area (Å²) in [7, 11) is 0. The molecule has 2 heterocycles. The van der Waals surface area contributed by atoms with Crippen LogP contribution in [0.2, 0.25) is 0 Å². The van der Waals surface area contributed by atoms with Gasteiger partial charge in [0.2, 0.25) is 5.95 Å². The number of anilines is 1. The second-order valence-corrected chi connectivity index (χ2v) is 8.20. The minimum Gasteiger partial charge on any atom is -0.507 e. The van der Waals surface area contributed by atoms with Crippen molar-refractivity contribution in [1.82, 2.24) is 20.1 Å². The molecular formula is C20H26F3N5O2. The van der Waals surface area contributed by atoms with Crippen molar-refractivity contribution in [3.8, 4) is 17.0 Å². The summed E-state index contributed by atoms with van der Waals surface area (Å²) in [6.07, 6.45) is -2.66. The number of aromatic nitrogens is 3.